The number of nitrogens with one attached hydrogen (secondary N) is 1. The highest BCUT2D eigenvalue weighted by Gasteiger charge is 2.20. The first kappa shape index (κ1) is 14.6. The smallest absolute Gasteiger partial charge is 0.169 e. The van der Waals surface area contributed by atoms with Crippen molar-refractivity contribution in [3.05, 3.63) is 42.3 Å². The van der Waals surface area contributed by atoms with Crippen LogP contribution in [0.15, 0.2) is 31.1 Å². The van der Waals surface area contributed by atoms with Gasteiger partial charge < -0.3 is 9.73 Å². The van der Waals surface area contributed by atoms with Gasteiger partial charge in [-0.1, -0.05) is 18.5 Å². The van der Waals surface area contributed by atoms with Crippen LogP contribution in [0.4, 0.5) is 0 Å². The minimum absolute atomic E-state index is 0.0463. The van der Waals surface area contributed by atoms with Crippen molar-refractivity contribution in [1.82, 2.24) is 5.32 Å². The Morgan fingerprint density at radius 1 is 1.44 bits per heavy atom. The molecule has 18 heavy (non-hydrogen) atoms. The maximum Gasteiger partial charge on any atom is 0.169 e. The van der Waals surface area contributed by atoms with Crippen LogP contribution >= 0.6 is 54.8 Å². The van der Waals surface area contributed by atoms with Crippen molar-refractivity contribution in [1.29, 1.82) is 0 Å². The maximum atomic E-state index is 6.10. The van der Waals surface area contributed by atoms with Gasteiger partial charge in [0, 0.05) is 4.88 Å². The fourth-order valence-corrected chi connectivity index (χ4v) is 3.77. The summed E-state index contributed by atoms with van der Waals surface area (Å²) >= 11 is 14.5. The Balaban J connectivity index is 2.30. The van der Waals surface area contributed by atoms with Gasteiger partial charge in [0.25, 0.3) is 0 Å². The van der Waals surface area contributed by atoms with Gasteiger partial charge in [-0.2, -0.15) is 0 Å². The fourth-order valence-electron chi connectivity index (χ4n) is 1.62. The predicted molar refractivity (Wildman–Crippen MR) is 83.6 cm³/mol. The van der Waals surface area contributed by atoms with Gasteiger partial charge in [-0.15, -0.1) is 11.3 Å². The third-order valence-electron chi connectivity index (χ3n) is 2.43. The average molecular weight is 414 g/mol. The standard InChI is InChI=1S/C12H12Br2ClNOS/c1-2-5-16-11(8-3-4-10(13)17-8)9-6-7(15)12(14)18-9/h3-4,6,11,16H,2,5H2,1H3. The van der Waals surface area contributed by atoms with E-state index in [9.17, 15) is 0 Å². The second-order valence-corrected chi connectivity index (χ2v) is 7.39. The topological polar surface area (TPSA) is 25.2 Å². The lowest BCUT2D eigenvalue weighted by atomic mass is 10.2. The number of thiophene rings is 1. The fraction of sp³-hybridized carbons (Fsp3) is 0.333. The minimum Gasteiger partial charge on any atom is -0.452 e. The SMILES string of the molecule is CCCNC(c1ccc(Br)o1)c1cc(Cl)c(Br)s1. The van der Waals surface area contributed by atoms with Gasteiger partial charge in [0.1, 0.15) is 11.8 Å². The van der Waals surface area contributed by atoms with E-state index in [0.717, 1.165) is 37.1 Å². The largest absolute Gasteiger partial charge is 0.452 e. The Labute approximate surface area is 132 Å². The van der Waals surface area contributed by atoms with Gasteiger partial charge in [0.05, 0.1) is 8.81 Å². The summed E-state index contributed by atoms with van der Waals surface area (Å²) in [6.45, 7) is 3.07. The van der Waals surface area contributed by atoms with E-state index in [4.69, 9.17) is 16.0 Å². The quantitative estimate of drug-likeness (QED) is 0.689. The molecule has 2 nitrogen and oxygen atoms in total. The Morgan fingerprint density at radius 3 is 2.72 bits per heavy atom. The molecule has 1 atom stereocenters. The zero-order chi connectivity index (χ0) is 13.1. The van der Waals surface area contributed by atoms with E-state index in [1.54, 1.807) is 11.3 Å². The molecule has 0 saturated carbocycles. The number of hydrogen-bond acceptors (Lipinski definition) is 3. The normalized spacial score (nSPS) is 12.9. The lowest BCUT2D eigenvalue weighted by Crippen LogP contribution is -2.21. The number of hydrogen-bond donors (Lipinski definition) is 1. The van der Waals surface area contributed by atoms with Crippen LogP contribution in [0.1, 0.15) is 30.0 Å². The van der Waals surface area contributed by atoms with Crippen LogP contribution in [0.3, 0.4) is 0 Å². The molecule has 1 unspecified atom stereocenters. The van der Waals surface area contributed by atoms with E-state index in [2.05, 4.69) is 44.1 Å². The van der Waals surface area contributed by atoms with Crippen LogP contribution in [0, 0.1) is 0 Å². The molecular formula is C12H12Br2ClNOS. The van der Waals surface area contributed by atoms with Crippen LogP contribution in [0.5, 0.6) is 0 Å². The van der Waals surface area contributed by atoms with Crippen LogP contribution in [0.2, 0.25) is 5.02 Å². The number of rotatable bonds is 5. The van der Waals surface area contributed by atoms with Crippen molar-refractivity contribution in [3.8, 4) is 0 Å². The van der Waals surface area contributed by atoms with E-state index in [1.807, 2.05) is 18.2 Å². The third-order valence-corrected chi connectivity index (χ3v) is 5.39. The van der Waals surface area contributed by atoms with Crippen molar-refractivity contribution in [3.63, 3.8) is 0 Å². The third kappa shape index (κ3) is 3.39. The summed E-state index contributed by atoms with van der Waals surface area (Å²) in [5, 5.41) is 4.21. The summed E-state index contributed by atoms with van der Waals surface area (Å²) in [4.78, 5) is 1.14. The van der Waals surface area contributed by atoms with E-state index >= 15 is 0 Å². The molecule has 0 aliphatic carbocycles. The molecule has 0 radical (unpaired) electrons. The highest BCUT2D eigenvalue weighted by molar-refractivity contribution is 9.11. The van der Waals surface area contributed by atoms with Crippen molar-refractivity contribution in [2.24, 2.45) is 0 Å². The lowest BCUT2D eigenvalue weighted by Gasteiger charge is -2.14. The van der Waals surface area contributed by atoms with Crippen LogP contribution < -0.4 is 5.32 Å². The Bertz CT molecular complexity index is 506. The lowest BCUT2D eigenvalue weighted by molar-refractivity contribution is 0.436. The van der Waals surface area contributed by atoms with Crippen molar-refractivity contribution >= 4 is 54.8 Å². The van der Waals surface area contributed by atoms with Gasteiger partial charge in [-0.25, -0.2) is 0 Å². The van der Waals surface area contributed by atoms with E-state index < -0.39 is 0 Å². The summed E-state index contributed by atoms with van der Waals surface area (Å²) in [6.07, 6.45) is 1.07. The molecule has 0 spiro atoms. The first-order chi connectivity index (χ1) is 8.61. The maximum absolute atomic E-state index is 6.10. The first-order valence-corrected chi connectivity index (χ1v) is 8.33. The summed E-state index contributed by atoms with van der Waals surface area (Å²) in [5.74, 6) is 0.890. The summed E-state index contributed by atoms with van der Waals surface area (Å²) < 4.78 is 7.34. The van der Waals surface area contributed by atoms with Crippen LogP contribution in [0.25, 0.3) is 0 Å². The number of furan rings is 1. The molecule has 0 bridgehead atoms. The van der Waals surface area contributed by atoms with Crippen molar-refractivity contribution < 1.29 is 4.42 Å². The highest BCUT2D eigenvalue weighted by atomic mass is 79.9. The molecule has 0 aliphatic heterocycles. The molecule has 2 aromatic rings. The van der Waals surface area contributed by atoms with E-state index in [0.29, 0.717) is 0 Å². The molecule has 2 aromatic heterocycles. The monoisotopic (exact) mass is 411 g/mol. The molecule has 1 N–H and O–H groups in total. The molecule has 0 aromatic carbocycles. The Hall–Kier alpha value is 0.190. The number of halogens is 3. The molecule has 0 fully saturated rings. The van der Waals surface area contributed by atoms with E-state index in [-0.39, 0.29) is 6.04 Å². The molecule has 2 heterocycles. The average Bonchev–Trinajstić information content (AvgIpc) is 2.88. The summed E-state index contributed by atoms with van der Waals surface area (Å²) in [5.41, 5.74) is 0. The summed E-state index contributed by atoms with van der Waals surface area (Å²) in [7, 11) is 0. The molecule has 0 amide bonds. The van der Waals surface area contributed by atoms with Gasteiger partial charge in [0.15, 0.2) is 4.67 Å². The van der Waals surface area contributed by atoms with Crippen molar-refractivity contribution in [2.45, 2.75) is 19.4 Å². The highest BCUT2D eigenvalue weighted by Crippen LogP contribution is 2.38. The van der Waals surface area contributed by atoms with Gasteiger partial charge in [-0.3, -0.25) is 0 Å². The van der Waals surface area contributed by atoms with Gasteiger partial charge in [-0.05, 0) is 63.0 Å². The minimum atomic E-state index is 0.0463. The van der Waals surface area contributed by atoms with Crippen molar-refractivity contribution in [2.75, 3.05) is 6.54 Å². The molecule has 98 valence electrons. The van der Waals surface area contributed by atoms with Gasteiger partial charge >= 0.3 is 0 Å². The summed E-state index contributed by atoms with van der Waals surface area (Å²) in [6, 6.07) is 5.89. The van der Waals surface area contributed by atoms with Crippen LogP contribution in [-0.4, -0.2) is 6.54 Å². The van der Waals surface area contributed by atoms with E-state index in [1.165, 1.54) is 0 Å². The molecular weight excluding hydrogens is 401 g/mol. The zero-order valence-electron chi connectivity index (χ0n) is 9.67. The predicted octanol–water partition coefficient (Wildman–Crippen LogP) is 5.61. The Morgan fingerprint density at radius 2 is 2.22 bits per heavy atom. The second kappa shape index (κ2) is 6.57. The second-order valence-electron chi connectivity index (χ2n) is 3.80. The Kier molecular flexibility index (Phi) is 5.33. The van der Waals surface area contributed by atoms with Gasteiger partial charge in [0.2, 0.25) is 0 Å². The molecule has 0 aliphatic rings. The zero-order valence-corrected chi connectivity index (χ0v) is 14.4. The molecule has 0 saturated heterocycles. The first-order valence-electron chi connectivity index (χ1n) is 5.55. The molecule has 6 heteroatoms. The molecule has 2 rings (SSSR count). The van der Waals surface area contributed by atoms with Crippen LogP contribution in [-0.2, 0) is 0 Å².